The van der Waals surface area contributed by atoms with Gasteiger partial charge in [0.1, 0.15) is 11.5 Å². The number of aromatic nitrogens is 1. The molecule has 1 heterocycles. The van der Waals surface area contributed by atoms with E-state index in [1.807, 2.05) is 0 Å². The first-order valence-corrected chi connectivity index (χ1v) is 5.98. The molecular weight excluding hydrogens is 294 g/mol. The van der Waals surface area contributed by atoms with E-state index in [4.69, 9.17) is 4.74 Å². The van der Waals surface area contributed by atoms with Crippen LogP contribution < -0.4 is 15.6 Å². The summed E-state index contributed by atoms with van der Waals surface area (Å²) in [7, 11) is 1.34. The Morgan fingerprint density at radius 3 is 2.73 bits per heavy atom. The van der Waals surface area contributed by atoms with E-state index in [-0.39, 0.29) is 22.7 Å². The summed E-state index contributed by atoms with van der Waals surface area (Å²) in [5.41, 5.74) is -0.927. The fourth-order valence-electron chi connectivity index (χ4n) is 1.74. The van der Waals surface area contributed by atoms with Crippen LogP contribution >= 0.6 is 0 Å². The summed E-state index contributed by atoms with van der Waals surface area (Å²) in [6.45, 7) is 0. The lowest BCUT2D eigenvalue weighted by Crippen LogP contribution is -2.15. The van der Waals surface area contributed by atoms with Crippen molar-refractivity contribution in [1.29, 1.82) is 0 Å². The van der Waals surface area contributed by atoms with Gasteiger partial charge in [0, 0.05) is 24.4 Å². The van der Waals surface area contributed by atoms with Crippen molar-refractivity contribution < 1.29 is 19.6 Å². The van der Waals surface area contributed by atoms with Crippen LogP contribution in [-0.2, 0) is 0 Å². The Bertz CT molecular complexity index is 799. The molecule has 0 atom stereocenters. The normalized spacial score (nSPS) is 10.0. The molecule has 1 amide bonds. The largest absolute Gasteiger partial charge is 0.507 e. The van der Waals surface area contributed by atoms with E-state index >= 15 is 0 Å². The molecule has 0 bridgehead atoms. The Labute approximate surface area is 123 Å². The first-order chi connectivity index (χ1) is 10.4. The van der Waals surface area contributed by atoms with Crippen molar-refractivity contribution >= 4 is 17.3 Å². The maximum absolute atomic E-state index is 12.1. The van der Waals surface area contributed by atoms with Crippen molar-refractivity contribution in [3.05, 3.63) is 56.5 Å². The minimum absolute atomic E-state index is 0.0623. The highest BCUT2D eigenvalue weighted by molar-refractivity contribution is 6.06. The van der Waals surface area contributed by atoms with Gasteiger partial charge < -0.3 is 20.1 Å². The van der Waals surface area contributed by atoms with Crippen molar-refractivity contribution in [3.8, 4) is 11.5 Å². The number of benzene rings is 1. The van der Waals surface area contributed by atoms with E-state index in [2.05, 4.69) is 10.3 Å². The highest BCUT2D eigenvalue weighted by Gasteiger charge is 2.17. The molecule has 1 aromatic heterocycles. The van der Waals surface area contributed by atoms with E-state index in [1.165, 1.54) is 19.2 Å². The summed E-state index contributed by atoms with van der Waals surface area (Å²) in [5, 5.41) is 22.7. The monoisotopic (exact) mass is 305 g/mol. The van der Waals surface area contributed by atoms with Crippen LogP contribution in [0.4, 0.5) is 11.4 Å². The van der Waals surface area contributed by atoms with Crippen LogP contribution in [0.3, 0.4) is 0 Å². The number of ether oxygens (including phenoxy) is 1. The lowest BCUT2D eigenvalue weighted by atomic mass is 10.2. The molecule has 0 saturated heterocycles. The highest BCUT2D eigenvalue weighted by atomic mass is 16.6. The SMILES string of the molecule is COc1ccc([N+](=O)[O-])cc1NC(=O)c1c[nH]c(=O)cc1O. The minimum Gasteiger partial charge on any atom is -0.507 e. The zero-order valence-corrected chi connectivity index (χ0v) is 11.3. The number of hydrogen-bond acceptors (Lipinski definition) is 6. The topological polar surface area (TPSA) is 135 Å². The van der Waals surface area contributed by atoms with Gasteiger partial charge in [-0.05, 0) is 6.07 Å². The number of H-pyrrole nitrogens is 1. The second-order valence-corrected chi connectivity index (χ2v) is 4.19. The molecule has 0 aliphatic carbocycles. The molecule has 3 N–H and O–H groups in total. The van der Waals surface area contributed by atoms with Crippen LogP contribution in [0.25, 0.3) is 0 Å². The van der Waals surface area contributed by atoms with E-state index in [0.29, 0.717) is 0 Å². The van der Waals surface area contributed by atoms with Gasteiger partial charge >= 0.3 is 0 Å². The number of nitrogens with zero attached hydrogens (tertiary/aromatic N) is 1. The first-order valence-electron chi connectivity index (χ1n) is 5.98. The molecule has 22 heavy (non-hydrogen) atoms. The third-order valence-electron chi connectivity index (χ3n) is 2.79. The molecular formula is C13H11N3O6. The number of nitro groups is 1. The van der Waals surface area contributed by atoms with Crippen LogP contribution in [0.5, 0.6) is 11.5 Å². The third-order valence-corrected chi connectivity index (χ3v) is 2.79. The van der Waals surface area contributed by atoms with Gasteiger partial charge in [0.25, 0.3) is 17.2 Å². The van der Waals surface area contributed by atoms with E-state index < -0.39 is 22.1 Å². The number of methoxy groups -OCH3 is 1. The van der Waals surface area contributed by atoms with Crippen LogP contribution in [0.1, 0.15) is 10.4 Å². The molecule has 1 aromatic carbocycles. The Morgan fingerprint density at radius 1 is 1.41 bits per heavy atom. The molecule has 0 spiro atoms. The second-order valence-electron chi connectivity index (χ2n) is 4.19. The number of hydrogen-bond donors (Lipinski definition) is 3. The van der Waals surface area contributed by atoms with Crippen LogP contribution in [0.2, 0.25) is 0 Å². The molecule has 2 aromatic rings. The summed E-state index contributed by atoms with van der Waals surface area (Å²) in [6, 6.07) is 4.53. The number of amides is 1. The summed E-state index contributed by atoms with van der Waals surface area (Å²) in [6.07, 6.45) is 1.04. The van der Waals surface area contributed by atoms with Gasteiger partial charge in [-0.3, -0.25) is 19.7 Å². The fourth-order valence-corrected chi connectivity index (χ4v) is 1.74. The summed E-state index contributed by atoms with van der Waals surface area (Å²) >= 11 is 0. The van der Waals surface area contributed by atoms with E-state index in [9.17, 15) is 24.8 Å². The third kappa shape index (κ3) is 3.03. The molecule has 9 heteroatoms. The predicted molar refractivity (Wildman–Crippen MR) is 76.3 cm³/mol. The highest BCUT2D eigenvalue weighted by Crippen LogP contribution is 2.29. The average Bonchev–Trinajstić information content (AvgIpc) is 2.46. The van der Waals surface area contributed by atoms with Crippen LogP contribution in [-0.4, -0.2) is 28.0 Å². The Balaban J connectivity index is 2.36. The zero-order chi connectivity index (χ0) is 16.3. The summed E-state index contributed by atoms with van der Waals surface area (Å²) in [5.74, 6) is -1.05. The zero-order valence-electron chi connectivity index (χ0n) is 11.3. The predicted octanol–water partition coefficient (Wildman–Crippen LogP) is 1.25. The van der Waals surface area contributed by atoms with Crippen molar-refractivity contribution in [2.24, 2.45) is 0 Å². The van der Waals surface area contributed by atoms with Gasteiger partial charge in [0.05, 0.1) is 23.3 Å². The van der Waals surface area contributed by atoms with Gasteiger partial charge in [-0.25, -0.2) is 0 Å². The average molecular weight is 305 g/mol. The minimum atomic E-state index is -0.757. The number of nitrogens with one attached hydrogen (secondary N) is 2. The number of non-ortho nitro benzene ring substituents is 1. The molecule has 2 rings (SSSR count). The number of aromatic hydroxyl groups is 1. The fraction of sp³-hybridized carbons (Fsp3) is 0.0769. The summed E-state index contributed by atoms with van der Waals surface area (Å²) < 4.78 is 5.01. The molecule has 0 saturated carbocycles. The smallest absolute Gasteiger partial charge is 0.271 e. The molecule has 0 aliphatic heterocycles. The van der Waals surface area contributed by atoms with E-state index in [0.717, 1.165) is 18.3 Å². The van der Waals surface area contributed by atoms with Crippen molar-refractivity contribution in [2.75, 3.05) is 12.4 Å². The van der Waals surface area contributed by atoms with Gasteiger partial charge in [-0.15, -0.1) is 0 Å². The number of carbonyl (C=O) groups excluding carboxylic acids is 1. The Kier molecular flexibility index (Phi) is 4.07. The van der Waals surface area contributed by atoms with Crippen LogP contribution in [0.15, 0.2) is 35.3 Å². The van der Waals surface area contributed by atoms with Crippen LogP contribution in [0, 0.1) is 10.1 Å². The first kappa shape index (κ1) is 15.0. The molecule has 0 fully saturated rings. The standard InChI is InChI=1S/C13H11N3O6/c1-22-11-3-2-7(16(20)21)4-9(11)15-13(19)8-6-14-12(18)5-10(8)17/h2-6H,1H3,(H,15,19)(H2,14,17,18). The van der Waals surface area contributed by atoms with Gasteiger partial charge in [-0.2, -0.15) is 0 Å². The number of anilines is 1. The lowest BCUT2D eigenvalue weighted by Gasteiger charge is -2.10. The second kappa shape index (κ2) is 5.95. The maximum Gasteiger partial charge on any atom is 0.271 e. The molecule has 9 nitrogen and oxygen atoms in total. The lowest BCUT2D eigenvalue weighted by molar-refractivity contribution is -0.384. The maximum atomic E-state index is 12.1. The van der Waals surface area contributed by atoms with Crippen molar-refractivity contribution in [1.82, 2.24) is 4.98 Å². The molecule has 0 aliphatic rings. The Morgan fingerprint density at radius 2 is 2.14 bits per heavy atom. The van der Waals surface area contributed by atoms with E-state index in [1.54, 1.807) is 0 Å². The number of nitro benzene ring substituents is 1. The van der Waals surface area contributed by atoms with Crippen molar-refractivity contribution in [2.45, 2.75) is 0 Å². The van der Waals surface area contributed by atoms with Gasteiger partial charge in [0.15, 0.2) is 0 Å². The number of aromatic amines is 1. The number of carbonyl (C=O) groups is 1. The van der Waals surface area contributed by atoms with Crippen molar-refractivity contribution in [3.63, 3.8) is 0 Å². The molecule has 0 radical (unpaired) electrons. The molecule has 114 valence electrons. The quantitative estimate of drug-likeness (QED) is 0.574. The molecule has 0 unspecified atom stereocenters. The number of pyridine rings is 1. The van der Waals surface area contributed by atoms with Gasteiger partial charge in [-0.1, -0.05) is 0 Å². The summed E-state index contributed by atoms with van der Waals surface area (Å²) in [4.78, 5) is 35.5. The number of rotatable bonds is 4. The Hall–Kier alpha value is -3.36. The van der Waals surface area contributed by atoms with Gasteiger partial charge in [0.2, 0.25) is 0 Å².